The van der Waals surface area contributed by atoms with Crippen LogP contribution in [0.3, 0.4) is 0 Å². The van der Waals surface area contributed by atoms with Crippen LogP contribution in [0.15, 0.2) is 11.5 Å². The lowest BCUT2D eigenvalue weighted by molar-refractivity contribution is 0.184. The molecule has 0 bridgehead atoms. The number of rotatable bonds is 1. The Kier molecular flexibility index (Phi) is 2.22. The van der Waals surface area contributed by atoms with Gasteiger partial charge in [-0.25, -0.2) is 0 Å². The van der Waals surface area contributed by atoms with Gasteiger partial charge in [0.25, 0.3) is 5.95 Å². The Morgan fingerprint density at radius 3 is 2.00 bits per heavy atom. The van der Waals surface area contributed by atoms with Crippen molar-refractivity contribution in [3.05, 3.63) is 11.5 Å². The van der Waals surface area contributed by atoms with Crippen molar-refractivity contribution in [2.24, 2.45) is 5.73 Å². The Hall–Kier alpha value is -0.700. The number of hydrogen-bond acceptors (Lipinski definition) is 3. The summed E-state index contributed by atoms with van der Waals surface area (Å²) in [7, 11) is 0. The first-order valence-corrected chi connectivity index (χ1v) is 1.96. The average Bonchev–Trinajstić information content (AvgIpc) is 1.65. The van der Waals surface area contributed by atoms with E-state index in [1.165, 1.54) is 0 Å². The zero-order chi connectivity index (χ0) is 5.86. The zero-order valence-electron chi connectivity index (χ0n) is 4.18. The van der Waals surface area contributed by atoms with Crippen LogP contribution in [-0.2, 0) is 0 Å². The van der Waals surface area contributed by atoms with E-state index in [2.05, 4.69) is 0 Å². The molecule has 0 aliphatic heterocycles. The molecule has 4 N–H and O–H groups in total. The molecule has 42 valence electrons. The highest BCUT2D eigenvalue weighted by molar-refractivity contribution is 4.97. The van der Waals surface area contributed by atoms with E-state index < -0.39 is 5.95 Å². The quantitative estimate of drug-likeness (QED) is 0.418. The van der Waals surface area contributed by atoms with E-state index in [0.29, 0.717) is 5.57 Å². The predicted octanol–water partition coefficient (Wildman–Crippen LogP) is 0.293. The van der Waals surface area contributed by atoms with Crippen molar-refractivity contribution < 1.29 is 10.2 Å². The van der Waals surface area contributed by atoms with E-state index in [-0.39, 0.29) is 6.54 Å². The van der Waals surface area contributed by atoms with Gasteiger partial charge in [0.05, 0.1) is 0 Å². The maximum Gasteiger partial charge on any atom is 0.274 e. The summed E-state index contributed by atoms with van der Waals surface area (Å²) in [6.45, 7) is 1.75. The molecule has 0 aliphatic rings. The van der Waals surface area contributed by atoms with Gasteiger partial charge in [0.1, 0.15) is 0 Å². The minimum atomic E-state index is -0.664. The van der Waals surface area contributed by atoms with Gasteiger partial charge in [0, 0.05) is 12.1 Å². The average molecular weight is 103 g/mol. The fourth-order valence-corrected chi connectivity index (χ4v) is 0.0913. The topological polar surface area (TPSA) is 66.5 Å². The van der Waals surface area contributed by atoms with Gasteiger partial charge in [-0.15, -0.1) is 0 Å². The lowest BCUT2D eigenvalue weighted by Gasteiger charge is -1.91. The van der Waals surface area contributed by atoms with Crippen molar-refractivity contribution >= 4 is 0 Å². The molecule has 0 radical (unpaired) electrons. The summed E-state index contributed by atoms with van der Waals surface area (Å²) in [5, 5.41) is 16.4. The van der Waals surface area contributed by atoms with Crippen LogP contribution in [0.2, 0.25) is 0 Å². The van der Waals surface area contributed by atoms with Crippen LogP contribution in [0.1, 0.15) is 6.92 Å². The highest BCUT2D eigenvalue weighted by Gasteiger charge is 1.89. The van der Waals surface area contributed by atoms with Gasteiger partial charge in [0.15, 0.2) is 0 Å². The highest BCUT2D eigenvalue weighted by Crippen LogP contribution is 1.90. The monoisotopic (exact) mass is 103 g/mol. The molecule has 3 heteroatoms. The van der Waals surface area contributed by atoms with Crippen molar-refractivity contribution in [3.63, 3.8) is 0 Å². The summed E-state index contributed by atoms with van der Waals surface area (Å²) < 4.78 is 0. The lowest BCUT2D eigenvalue weighted by Crippen LogP contribution is -2.02. The molecule has 0 fully saturated rings. The first-order chi connectivity index (χ1) is 3.18. The third-order valence-corrected chi connectivity index (χ3v) is 0.688. The molecule has 3 nitrogen and oxygen atoms in total. The second kappa shape index (κ2) is 2.47. The van der Waals surface area contributed by atoms with Gasteiger partial charge in [-0.2, -0.15) is 0 Å². The highest BCUT2D eigenvalue weighted by atomic mass is 16.5. The fraction of sp³-hybridized carbons (Fsp3) is 0.500. The standard InChI is InChI=1S/C4H9NO2/c1-3(2-5)4(6)7/h6-7H,2,5H2,1H3. The molecule has 0 amide bonds. The summed E-state index contributed by atoms with van der Waals surface area (Å²) in [6.07, 6.45) is 0. The van der Waals surface area contributed by atoms with Crippen LogP contribution in [0.4, 0.5) is 0 Å². The molecular weight excluding hydrogens is 94.0 g/mol. The van der Waals surface area contributed by atoms with Crippen LogP contribution in [-0.4, -0.2) is 16.8 Å². The number of nitrogens with two attached hydrogens (primary N) is 1. The largest absolute Gasteiger partial charge is 0.481 e. The molecule has 0 aromatic heterocycles. The molecule has 0 unspecified atom stereocenters. The SMILES string of the molecule is CC(CN)=C(O)O. The third kappa shape index (κ3) is 2.05. The Bertz CT molecular complexity index is 83.7. The van der Waals surface area contributed by atoms with E-state index in [1.54, 1.807) is 6.92 Å². The molecule has 0 spiro atoms. The van der Waals surface area contributed by atoms with Crippen molar-refractivity contribution in [2.75, 3.05) is 6.54 Å². The smallest absolute Gasteiger partial charge is 0.274 e. The van der Waals surface area contributed by atoms with Crippen molar-refractivity contribution in [2.45, 2.75) is 6.92 Å². The molecule has 0 heterocycles. The number of aliphatic hydroxyl groups excluding tert-OH is 1. The summed E-state index contributed by atoms with van der Waals surface area (Å²) in [4.78, 5) is 0. The zero-order valence-corrected chi connectivity index (χ0v) is 4.18. The van der Waals surface area contributed by atoms with Gasteiger partial charge < -0.3 is 15.9 Å². The second-order valence-electron chi connectivity index (χ2n) is 1.31. The number of hydrogen-bond donors (Lipinski definition) is 3. The second-order valence-corrected chi connectivity index (χ2v) is 1.31. The third-order valence-electron chi connectivity index (χ3n) is 0.688. The Balaban J connectivity index is 3.72. The van der Waals surface area contributed by atoms with Gasteiger partial charge >= 0.3 is 0 Å². The predicted molar refractivity (Wildman–Crippen MR) is 27.0 cm³/mol. The van der Waals surface area contributed by atoms with Crippen LogP contribution in [0, 0.1) is 0 Å². The van der Waals surface area contributed by atoms with Crippen LogP contribution in [0.5, 0.6) is 0 Å². The fourth-order valence-electron chi connectivity index (χ4n) is 0.0913. The van der Waals surface area contributed by atoms with Gasteiger partial charge in [-0.1, -0.05) is 0 Å². The Morgan fingerprint density at radius 2 is 2.00 bits per heavy atom. The van der Waals surface area contributed by atoms with Crippen molar-refractivity contribution in [1.82, 2.24) is 0 Å². The van der Waals surface area contributed by atoms with Crippen LogP contribution < -0.4 is 5.73 Å². The van der Waals surface area contributed by atoms with E-state index in [1.807, 2.05) is 0 Å². The first-order valence-electron chi connectivity index (χ1n) is 1.96. The molecule has 0 aliphatic carbocycles. The van der Waals surface area contributed by atoms with Crippen molar-refractivity contribution in [1.29, 1.82) is 0 Å². The van der Waals surface area contributed by atoms with Crippen LogP contribution >= 0.6 is 0 Å². The summed E-state index contributed by atoms with van der Waals surface area (Å²) >= 11 is 0. The van der Waals surface area contributed by atoms with E-state index in [9.17, 15) is 0 Å². The molecule has 7 heavy (non-hydrogen) atoms. The van der Waals surface area contributed by atoms with Gasteiger partial charge in [-0.3, -0.25) is 0 Å². The first kappa shape index (κ1) is 6.30. The summed E-state index contributed by atoms with van der Waals surface area (Å²) in [5.41, 5.74) is 5.40. The van der Waals surface area contributed by atoms with Crippen LogP contribution in [0.25, 0.3) is 0 Å². The van der Waals surface area contributed by atoms with E-state index >= 15 is 0 Å². The van der Waals surface area contributed by atoms with E-state index in [4.69, 9.17) is 15.9 Å². The number of aliphatic hydroxyl groups is 2. The molecule has 0 aromatic carbocycles. The van der Waals surface area contributed by atoms with Crippen molar-refractivity contribution in [3.8, 4) is 0 Å². The maximum atomic E-state index is 8.18. The lowest BCUT2D eigenvalue weighted by atomic mass is 10.3. The van der Waals surface area contributed by atoms with E-state index in [0.717, 1.165) is 0 Å². The Labute approximate surface area is 42.1 Å². The molecule has 0 rings (SSSR count). The summed E-state index contributed by atoms with van der Waals surface area (Å²) in [5.74, 6) is -0.664. The Morgan fingerprint density at radius 1 is 1.57 bits per heavy atom. The van der Waals surface area contributed by atoms with Gasteiger partial charge in [-0.05, 0) is 6.92 Å². The maximum absolute atomic E-state index is 8.18. The molecule has 0 atom stereocenters. The molecule has 0 saturated heterocycles. The molecule has 0 saturated carbocycles. The summed E-state index contributed by atoms with van der Waals surface area (Å²) in [6, 6.07) is 0. The minimum absolute atomic E-state index is 0.197. The normalized spacial score (nSPS) is 8.29. The molecule has 0 aromatic rings. The minimum Gasteiger partial charge on any atom is -0.481 e. The molecular formula is C4H9NO2. The van der Waals surface area contributed by atoms with Gasteiger partial charge in [0.2, 0.25) is 0 Å².